The fourth-order valence-corrected chi connectivity index (χ4v) is 4.73. The van der Waals surface area contributed by atoms with Crippen molar-refractivity contribution in [3.63, 3.8) is 0 Å². The molecule has 2 aliphatic heterocycles. The summed E-state index contributed by atoms with van der Waals surface area (Å²) in [7, 11) is 0. The van der Waals surface area contributed by atoms with Crippen molar-refractivity contribution in [3.8, 4) is 0 Å². The van der Waals surface area contributed by atoms with Crippen LogP contribution < -0.4 is 9.80 Å². The SMILES string of the molecule is Cc1ccc(N2C(=O)C(c3cccs3)=C(N3CCN(c4ncccn4)CC3)C2=O)cc1. The highest BCUT2D eigenvalue weighted by atomic mass is 32.1. The first kappa shape index (κ1) is 19.4. The topological polar surface area (TPSA) is 69.6 Å². The summed E-state index contributed by atoms with van der Waals surface area (Å²) < 4.78 is 0. The van der Waals surface area contributed by atoms with Crippen LogP contribution in [-0.4, -0.2) is 52.9 Å². The summed E-state index contributed by atoms with van der Waals surface area (Å²) in [6.07, 6.45) is 3.45. The minimum atomic E-state index is -0.264. The first-order chi connectivity index (χ1) is 15.1. The second-order valence-electron chi connectivity index (χ2n) is 7.51. The summed E-state index contributed by atoms with van der Waals surface area (Å²) in [4.78, 5) is 41.9. The van der Waals surface area contributed by atoms with Crippen LogP contribution in [-0.2, 0) is 9.59 Å². The quantitative estimate of drug-likeness (QED) is 0.592. The lowest BCUT2D eigenvalue weighted by Crippen LogP contribution is -2.48. The molecule has 1 aromatic carbocycles. The molecule has 3 aromatic rings. The second kappa shape index (κ2) is 7.96. The molecule has 1 fully saturated rings. The zero-order chi connectivity index (χ0) is 21.4. The van der Waals surface area contributed by atoms with Crippen molar-refractivity contribution in [2.75, 3.05) is 36.0 Å². The van der Waals surface area contributed by atoms with Crippen LogP contribution in [0.25, 0.3) is 5.57 Å². The molecule has 2 amide bonds. The number of carbonyl (C=O) groups is 2. The highest BCUT2D eigenvalue weighted by Crippen LogP contribution is 2.37. The van der Waals surface area contributed by atoms with Gasteiger partial charge in [-0.3, -0.25) is 9.59 Å². The number of piperazine rings is 1. The molecule has 156 valence electrons. The maximum atomic E-state index is 13.5. The Morgan fingerprint density at radius 3 is 2.16 bits per heavy atom. The minimum Gasteiger partial charge on any atom is -0.363 e. The van der Waals surface area contributed by atoms with E-state index in [4.69, 9.17) is 0 Å². The number of amides is 2. The number of hydrogen-bond acceptors (Lipinski definition) is 7. The first-order valence-electron chi connectivity index (χ1n) is 10.1. The molecule has 4 heterocycles. The molecule has 0 radical (unpaired) electrons. The number of imide groups is 1. The average molecular weight is 432 g/mol. The molecule has 0 bridgehead atoms. The number of nitrogens with zero attached hydrogens (tertiary/aromatic N) is 5. The third kappa shape index (κ3) is 3.48. The maximum absolute atomic E-state index is 13.5. The van der Waals surface area contributed by atoms with Crippen LogP contribution in [0.3, 0.4) is 0 Å². The second-order valence-corrected chi connectivity index (χ2v) is 8.45. The van der Waals surface area contributed by atoms with Crippen molar-refractivity contribution in [2.24, 2.45) is 0 Å². The zero-order valence-electron chi connectivity index (χ0n) is 17.1. The Kier molecular flexibility index (Phi) is 4.99. The molecule has 0 N–H and O–H groups in total. The van der Waals surface area contributed by atoms with E-state index in [1.54, 1.807) is 18.5 Å². The Morgan fingerprint density at radius 2 is 1.52 bits per heavy atom. The number of rotatable bonds is 4. The van der Waals surface area contributed by atoms with Gasteiger partial charge in [0.2, 0.25) is 5.95 Å². The van der Waals surface area contributed by atoms with Gasteiger partial charge in [-0.25, -0.2) is 14.9 Å². The van der Waals surface area contributed by atoms with Crippen molar-refractivity contribution >= 4 is 40.4 Å². The summed E-state index contributed by atoms with van der Waals surface area (Å²) in [6, 6.07) is 13.1. The molecule has 1 saturated heterocycles. The molecular formula is C23H21N5O2S. The lowest BCUT2D eigenvalue weighted by Gasteiger charge is -2.36. The fraction of sp³-hybridized carbons (Fsp3) is 0.217. The van der Waals surface area contributed by atoms with Crippen LogP contribution >= 0.6 is 11.3 Å². The molecule has 8 heteroatoms. The molecule has 2 aromatic heterocycles. The van der Waals surface area contributed by atoms with Gasteiger partial charge >= 0.3 is 0 Å². The van der Waals surface area contributed by atoms with Crippen LogP contribution in [0.4, 0.5) is 11.6 Å². The molecule has 31 heavy (non-hydrogen) atoms. The third-order valence-electron chi connectivity index (χ3n) is 5.55. The minimum absolute atomic E-state index is 0.262. The summed E-state index contributed by atoms with van der Waals surface area (Å²) in [5.74, 6) is 0.159. The van der Waals surface area contributed by atoms with Crippen molar-refractivity contribution in [3.05, 3.63) is 76.4 Å². The van der Waals surface area contributed by atoms with Crippen LogP contribution in [0.1, 0.15) is 10.4 Å². The largest absolute Gasteiger partial charge is 0.363 e. The van der Waals surface area contributed by atoms with Gasteiger partial charge in [-0.1, -0.05) is 23.8 Å². The molecule has 0 spiro atoms. The van der Waals surface area contributed by atoms with Crippen molar-refractivity contribution in [1.29, 1.82) is 0 Å². The Hall–Kier alpha value is -3.52. The van der Waals surface area contributed by atoms with E-state index in [0.29, 0.717) is 49.1 Å². The lowest BCUT2D eigenvalue weighted by molar-refractivity contribution is -0.120. The number of thiophene rings is 1. The van der Waals surface area contributed by atoms with Gasteiger partial charge in [-0.05, 0) is 36.6 Å². The molecule has 7 nitrogen and oxygen atoms in total. The van der Waals surface area contributed by atoms with Crippen LogP contribution in [0.15, 0.2) is 65.9 Å². The van der Waals surface area contributed by atoms with Gasteiger partial charge in [-0.15, -0.1) is 11.3 Å². The predicted octanol–water partition coefficient (Wildman–Crippen LogP) is 2.95. The highest BCUT2D eigenvalue weighted by Gasteiger charge is 2.43. The lowest BCUT2D eigenvalue weighted by atomic mass is 10.1. The fourth-order valence-electron chi connectivity index (χ4n) is 3.97. The van der Waals surface area contributed by atoms with E-state index in [1.165, 1.54) is 16.2 Å². The number of anilines is 2. The number of aromatic nitrogens is 2. The summed E-state index contributed by atoms with van der Waals surface area (Å²) >= 11 is 1.48. The number of carbonyl (C=O) groups excluding carboxylic acids is 2. The highest BCUT2D eigenvalue weighted by molar-refractivity contribution is 7.11. The maximum Gasteiger partial charge on any atom is 0.282 e. The molecule has 0 saturated carbocycles. The van der Waals surface area contributed by atoms with Gasteiger partial charge in [0.25, 0.3) is 11.8 Å². The van der Waals surface area contributed by atoms with Crippen LogP contribution in [0.5, 0.6) is 0 Å². The van der Waals surface area contributed by atoms with E-state index < -0.39 is 0 Å². The third-order valence-corrected chi connectivity index (χ3v) is 6.44. The summed E-state index contributed by atoms with van der Waals surface area (Å²) in [6.45, 7) is 4.56. The van der Waals surface area contributed by atoms with Gasteiger partial charge in [0.05, 0.1) is 11.3 Å². The van der Waals surface area contributed by atoms with Gasteiger partial charge in [0.1, 0.15) is 5.70 Å². The Morgan fingerprint density at radius 1 is 0.839 bits per heavy atom. The Bertz CT molecular complexity index is 1130. The summed E-state index contributed by atoms with van der Waals surface area (Å²) in [5.41, 5.74) is 2.65. The Labute approximate surface area is 184 Å². The van der Waals surface area contributed by atoms with E-state index in [9.17, 15) is 9.59 Å². The standard InChI is InChI=1S/C23H21N5O2S/c1-16-5-7-17(8-6-16)28-21(29)19(18-4-2-15-31-18)20(22(28)30)26-11-13-27(14-12-26)23-24-9-3-10-25-23/h2-10,15H,11-14H2,1H3. The van der Waals surface area contributed by atoms with Crippen LogP contribution in [0, 0.1) is 6.92 Å². The van der Waals surface area contributed by atoms with Gasteiger partial charge in [0, 0.05) is 43.4 Å². The molecule has 5 rings (SSSR count). The molecule has 0 unspecified atom stereocenters. The normalized spacial score (nSPS) is 17.1. The molecule has 0 atom stereocenters. The Balaban J connectivity index is 1.47. The smallest absolute Gasteiger partial charge is 0.282 e. The van der Waals surface area contributed by atoms with E-state index in [2.05, 4.69) is 14.9 Å². The van der Waals surface area contributed by atoms with Crippen molar-refractivity contribution in [1.82, 2.24) is 14.9 Å². The van der Waals surface area contributed by atoms with Crippen LogP contribution in [0.2, 0.25) is 0 Å². The molecular weight excluding hydrogens is 410 g/mol. The molecule has 2 aliphatic rings. The van der Waals surface area contributed by atoms with Gasteiger partial charge < -0.3 is 9.80 Å². The van der Waals surface area contributed by atoms with Crippen molar-refractivity contribution < 1.29 is 9.59 Å². The summed E-state index contributed by atoms with van der Waals surface area (Å²) in [5, 5.41) is 1.93. The predicted molar refractivity (Wildman–Crippen MR) is 121 cm³/mol. The zero-order valence-corrected chi connectivity index (χ0v) is 17.9. The van der Waals surface area contributed by atoms with E-state index in [0.717, 1.165) is 10.4 Å². The molecule has 0 aliphatic carbocycles. The van der Waals surface area contributed by atoms with Crippen molar-refractivity contribution in [2.45, 2.75) is 6.92 Å². The number of benzene rings is 1. The average Bonchev–Trinajstić information content (AvgIpc) is 3.41. The van der Waals surface area contributed by atoms with E-state index >= 15 is 0 Å². The first-order valence-corrected chi connectivity index (χ1v) is 11.0. The van der Waals surface area contributed by atoms with Gasteiger partial charge in [0.15, 0.2) is 0 Å². The number of aryl methyl sites for hydroxylation is 1. The van der Waals surface area contributed by atoms with E-state index in [-0.39, 0.29) is 11.8 Å². The van der Waals surface area contributed by atoms with E-state index in [1.807, 2.05) is 53.6 Å². The number of hydrogen-bond donors (Lipinski definition) is 0. The van der Waals surface area contributed by atoms with Gasteiger partial charge in [-0.2, -0.15) is 0 Å². The monoisotopic (exact) mass is 431 g/mol.